The van der Waals surface area contributed by atoms with E-state index in [9.17, 15) is 33.8 Å². The fourth-order valence-corrected chi connectivity index (χ4v) is 5.80. The van der Waals surface area contributed by atoms with E-state index in [1.807, 2.05) is 12.2 Å². The van der Waals surface area contributed by atoms with Gasteiger partial charge in [-0.15, -0.1) is 0 Å². The number of aliphatic hydroxyl groups is 2. The van der Waals surface area contributed by atoms with Crippen molar-refractivity contribution in [2.45, 2.75) is 135 Å². The van der Waals surface area contributed by atoms with Gasteiger partial charge in [-0.25, -0.2) is 9.13 Å². The fourth-order valence-electron chi connectivity index (χ4n) is 4.64. The summed E-state index contributed by atoms with van der Waals surface area (Å²) in [5.41, 5.74) is 0. The van der Waals surface area contributed by atoms with E-state index in [4.69, 9.17) is 23.8 Å². The van der Waals surface area contributed by atoms with E-state index < -0.39 is 72.3 Å². The number of esters is 2. The zero-order chi connectivity index (χ0) is 41.9. The Bertz CT molecular complexity index is 1300. The number of carbonyl (C=O) groups excluding carboxylic acids is 2. The third-order valence-corrected chi connectivity index (χ3v) is 9.08. The molecule has 0 aromatic rings. The van der Waals surface area contributed by atoms with Crippen LogP contribution < -0.4 is 0 Å². The lowest BCUT2D eigenvalue weighted by atomic mass is 10.0. The smallest absolute Gasteiger partial charge is 0.462 e. The first-order valence-corrected chi connectivity index (χ1v) is 22.6. The Labute approximate surface area is 334 Å². The van der Waals surface area contributed by atoms with Crippen molar-refractivity contribution in [3.05, 3.63) is 72.9 Å². The van der Waals surface area contributed by atoms with Crippen molar-refractivity contribution < 1.29 is 66.7 Å². The molecule has 0 aliphatic rings. The molecule has 0 saturated heterocycles. The molecule has 2 unspecified atom stereocenters. The highest BCUT2D eigenvalue weighted by Gasteiger charge is 2.28. The molecule has 0 rings (SSSR count). The molecule has 14 nitrogen and oxygen atoms in total. The fraction of sp³-hybridized carbons (Fsp3) is 0.650. The molecule has 0 saturated carbocycles. The predicted octanol–water partition coefficient (Wildman–Crippen LogP) is 8.27. The normalized spacial score (nSPS) is 15.6. The molecule has 0 bridgehead atoms. The van der Waals surface area contributed by atoms with Gasteiger partial charge in [0.05, 0.1) is 25.9 Å². The van der Waals surface area contributed by atoms with Gasteiger partial charge in [-0.3, -0.25) is 23.2 Å². The molecule has 0 spiro atoms. The van der Waals surface area contributed by atoms with Gasteiger partial charge in [0.15, 0.2) is 6.10 Å². The van der Waals surface area contributed by atoms with Crippen molar-refractivity contribution in [3.63, 3.8) is 0 Å². The molecule has 16 heteroatoms. The number of hydrogen-bond donors (Lipinski definition) is 5. The van der Waals surface area contributed by atoms with Gasteiger partial charge in [0.2, 0.25) is 0 Å². The maximum Gasteiger partial charge on any atom is 0.472 e. The Kier molecular flexibility index (Phi) is 33.0. The number of phosphoric ester groups is 2. The molecule has 0 aliphatic heterocycles. The third-order valence-electron chi connectivity index (χ3n) is 7.65. The maximum atomic E-state index is 12.6. The first-order valence-electron chi connectivity index (χ1n) is 19.6. The lowest BCUT2D eigenvalue weighted by molar-refractivity contribution is -0.161. The third kappa shape index (κ3) is 38.4. The largest absolute Gasteiger partial charge is 0.472 e. The standard InChI is InChI=1S/C40H68O14P2/c1-4-5-6-7-8-9-10-11-12-13-14-15-16-17-21-24-27-36(41)29-30-39(43)50-33-38(54-40(44)28-25-22-19-18-20-23-26-35(2)3)34-53-56(48,49)52-32-37(42)31-51-55(45,46)47/h5-6,8-9,11-12,14-15,17,21,24,27,35-38,41-42H,4,7,10,13,16,18-20,22-23,25-26,28-34H2,1-3H3,(H,48,49)(H2,45,46,47)/b6-5-,9-8-,12-11-,15-14-,21-17-,27-24-/t36?,37-,38+/m0/s1. The lowest BCUT2D eigenvalue weighted by Crippen LogP contribution is -2.30. The van der Waals surface area contributed by atoms with Gasteiger partial charge in [0.25, 0.3) is 0 Å². The van der Waals surface area contributed by atoms with Crippen LogP contribution in [-0.4, -0.2) is 81.6 Å². The Balaban J connectivity index is 4.76. The van der Waals surface area contributed by atoms with Crippen molar-refractivity contribution in [3.8, 4) is 0 Å². The molecule has 0 amide bonds. The minimum absolute atomic E-state index is 0.0617. The van der Waals surface area contributed by atoms with Crippen LogP contribution in [0.5, 0.6) is 0 Å². The van der Waals surface area contributed by atoms with Gasteiger partial charge < -0.3 is 34.4 Å². The summed E-state index contributed by atoms with van der Waals surface area (Å²) in [4.78, 5) is 52.4. The molecule has 322 valence electrons. The first-order chi connectivity index (χ1) is 26.6. The van der Waals surface area contributed by atoms with Gasteiger partial charge in [-0.2, -0.15) is 0 Å². The number of hydrogen-bond acceptors (Lipinski definition) is 11. The summed E-state index contributed by atoms with van der Waals surface area (Å²) in [6.07, 6.45) is 31.4. The summed E-state index contributed by atoms with van der Waals surface area (Å²) in [7, 11) is -9.74. The molecule has 4 atom stereocenters. The van der Waals surface area contributed by atoms with Gasteiger partial charge >= 0.3 is 27.6 Å². The summed E-state index contributed by atoms with van der Waals surface area (Å²) < 4.78 is 47.3. The molecule has 0 fully saturated rings. The second kappa shape index (κ2) is 34.6. The number of allylic oxidation sites excluding steroid dienone is 11. The molecule has 0 aromatic carbocycles. The summed E-state index contributed by atoms with van der Waals surface area (Å²) in [5, 5.41) is 20.0. The van der Waals surface area contributed by atoms with Crippen molar-refractivity contribution >= 4 is 27.6 Å². The number of rotatable bonds is 35. The van der Waals surface area contributed by atoms with Crippen LogP contribution in [0.3, 0.4) is 0 Å². The van der Waals surface area contributed by atoms with Crippen LogP contribution in [0.4, 0.5) is 0 Å². The molecular formula is C40H68O14P2. The molecule has 5 N–H and O–H groups in total. The highest BCUT2D eigenvalue weighted by Crippen LogP contribution is 2.43. The Hall–Kier alpha value is -2.48. The van der Waals surface area contributed by atoms with E-state index in [2.05, 4.69) is 72.4 Å². The quantitative estimate of drug-likeness (QED) is 0.0134. The Morgan fingerprint density at radius 1 is 0.607 bits per heavy atom. The first kappa shape index (κ1) is 53.5. The summed E-state index contributed by atoms with van der Waals surface area (Å²) in [6.45, 7) is 3.52. The Morgan fingerprint density at radius 3 is 1.73 bits per heavy atom. The summed E-state index contributed by atoms with van der Waals surface area (Å²) in [5.74, 6) is -0.658. The van der Waals surface area contributed by atoms with Gasteiger partial charge in [-0.1, -0.05) is 132 Å². The van der Waals surface area contributed by atoms with E-state index in [-0.39, 0.29) is 19.3 Å². The lowest BCUT2D eigenvalue weighted by Gasteiger charge is -2.20. The number of carbonyl (C=O) groups is 2. The van der Waals surface area contributed by atoms with Crippen LogP contribution in [0, 0.1) is 5.92 Å². The van der Waals surface area contributed by atoms with E-state index >= 15 is 0 Å². The zero-order valence-electron chi connectivity index (χ0n) is 33.5. The minimum Gasteiger partial charge on any atom is -0.462 e. The van der Waals surface area contributed by atoms with Crippen molar-refractivity contribution in [1.29, 1.82) is 0 Å². The van der Waals surface area contributed by atoms with Gasteiger partial charge in [0, 0.05) is 12.8 Å². The van der Waals surface area contributed by atoms with E-state index in [1.54, 1.807) is 18.2 Å². The molecule has 0 radical (unpaired) electrons. The molecule has 56 heavy (non-hydrogen) atoms. The highest BCUT2D eigenvalue weighted by atomic mass is 31.2. The van der Waals surface area contributed by atoms with Crippen molar-refractivity contribution in [2.24, 2.45) is 5.92 Å². The van der Waals surface area contributed by atoms with Crippen LogP contribution in [0.15, 0.2) is 72.9 Å². The SMILES string of the molecule is CC/C=C\C/C=C\C/C=C\C/C=C\C/C=C\C=C/C(O)CCC(=O)OC[C@H](COP(=O)(O)OC[C@@H](O)COP(=O)(O)O)OC(=O)CCCCCCCCC(C)C. The maximum absolute atomic E-state index is 12.6. The Morgan fingerprint density at radius 2 is 1.14 bits per heavy atom. The van der Waals surface area contributed by atoms with Crippen molar-refractivity contribution in [1.82, 2.24) is 0 Å². The average molecular weight is 835 g/mol. The molecule has 0 aromatic heterocycles. The number of ether oxygens (including phenoxy) is 2. The number of unbranched alkanes of at least 4 members (excludes halogenated alkanes) is 5. The van der Waals surface area contributed by atoms with E-state index in [0.717, 1.165) is 57.8 Å². The van der Waals surface area contributed by atoms with Crippen LogP contribution in [0.1, 0.15) is 117 Å². The van der Waals surface area contributed by atoms with Gasteiger partial charge in [0.1, 0.15) is 12.7 Å². The monoisotopic (exact) mass is 834 g/mol. The summed E-state index contributed by atoms with van der Waals surface area (Å²) in [6, 6.07) is 0. The second-order valence-corrected chi connectivity index (χ2v) is 16.2. The van der Waals surface area contributed by atoms with Gasteiger partial charge in [-0.05, 0) is 50.9 Å². The summed E-state index contributed by atoms with van der Waals surface area (Å²) >= 11 is 0. The topological polar surface area (TPSA) is 216 Å². The number of aliphatic hydroxyl groups excluding tert-OH is 2. The van der Waals surface area contributed by atoms with Crippen molar-refractivity contribution in [2.75, 3.05) is 26.4 Å². The van der Waals surface area contributed by atoms with E-state index in [0.29, 0.717) is 12.3 Å². The number of phosphoric acid groups is 2. The minimum atomic E-state index is -4.88. The molecule has 0 heterocycles. The molecular weight excluding hydrogens is 766 g/mol. The predicted molar refractivity (Wildman–Crippen MR) is 217 cm³/mol. The van der Waals surface area contributed by atoms with Crippen LogP contribution in [-0.2, 0) is 41.8 Å². The molecule has 0 aliphatic carbocycles. The van der Waals surface area contributed by atoms with Crippen LogP contribution in [0.25, 0.3) is 0 Å². The van der Waals surface area contributed by atoms with Crippen LogP contribution >= 0.6 is 15.6 Å². The average Bonchev–Trinajstić information content (AvgIpc) is 3.13. The zero-order valence-corrected chi connectivity index (χ0v) is 35.3. The second-order valence-electron chi connectivity index (χ2n) is 13.5. The van der Waals surface area contributed by atoms with Crippen LogP contribution in [0.2, 0.25) is 0 Å². The van der Waals surface area contributed by atoms with E-state index in [1.165, 1.54) is 12.8 Å². The highest BCUT2D eigenvalue weighted by molar-refractivity contribution is 7.47.